The van der Waals surface area contributed by atoms with E-state index in [1.54, 1.807) is 0 Å². The van der Waals surface area contributed by atoms with Gasteiger partial charge in [0.25, 0.3) is 0 Å². The molecule has 0 saturated heterocycles. The topological polar surface area (TPSA) is 4.93 Å². The molecule has 1 aromatic carbocycles. The van der Waals surface area contributed by atoms with E-state index >= 15 is 0 Å². The van der Waals surface area contributed by atoms with E-state index < -0.39 is 0 Å². The molecular formula is C19H28NP. The van der Waals surface area contributed by atoms with Gasteiger partial charge in [-0.3, -0.25) is 0 Å². The molecule has 0 fully saturated rings. The first-order chi connectivity index (χ1) is 9.62. The van der Waals surface area contributed by atoms with Crippen LogP contribution < -0.4 is 5.44 Å². The van der Waals surface area contributed by atoms with Gasteiger partial charge < -0.3 is 4.57 Å². The second kappa shape index (κ2) is 5.61. The Morgan fingerprint density at radius 1 is 0.810 bits per heavy atom. The van der Waals surface area contributed by atoms with E-state index in [4.69, 9.17) is 0 Å². The number of benzene rings is 1. The van der Waals surface area contributed by atoms with Gasteiger partial charge in [0.2, 0.25) is 0 Å². The Labute approximate surface area is 131 Å². The first-order valence-corrected chi connectivity index (χ1v) is 9.00. The Morgan fingerprint density at radius 2 is 1.38 bits per heavy atom. The van der Waals surface area contributed by atoms with Crippen LogP contribution in [0.1, 0.15) is 47.1 Å². The lowest BCUT2D eigenvalue weighted by Crippen LogP contribution is -2.33. The van der Waals surface area contributed by atoms with E-state index in [2.05, 4.69) is 95.6 Å². The summed E-state index contributed by atoms with van der Waals surface area (Å²) in [5, 5.41) is 0.568. The minimum absolute atomic E-state index is 0.284. The molecule has 1 heterocycles. The maximum atomic E-state index is 2.40. The average molecular weight is 301 g/mol. The molecule has 1 nitrogen and oxygen atoms in total. The molecule has 0 radical (unpaired) electrons. The normalized spacial score (nSPS) is 13.0. The Kier molecular flexibility index (Phi) is 4.36. The van der Waals surface area contributed by atoms with Crippen molar-refractivity contribution in [3.8, 4) is 5.69 Å². The molecule has 0 bridgehead atoms. The van der Waals surface area contributed by atoms with Gasteiger partial charge in [0.1, 0.15) is 0 Å². The third-order valence-electron chi connectivity index (χ3n) is 3.67. The summed E-state index contributed by atoms with van der Waals surface area (Å²) < 4.78 is 2.40. The van der Waals surface area contributed by atoms with Crippen LogP contribution in [0.3, 0.4) is 0 Å². The second-order valence-electron chi connectivity index (χ2n) is 7.70. The molecule has 0 N–H and O–H groups in total. The fraction of sp³-hybridized carbons (Fsp3) is 0.474. The summed E-state index contributed by atoms with van der Waals surface area (Å²) in [5.41, 5.74) is 4.10. The highest BCUT2D eigenvalue weighted by molar-refractivity contribution is 7.68. The molecule has 114 valence electrons. The van der Waals surface area contributed by atoms with Crippen LogP contribution in [0, 0.1) is 6.92 Å². The summed E-state index contributed by atoms with van der Waals surface area (Å²) in [5.74, 6) is 0. The minimum atomic E-state index is -0.295. The van der Waals surface area contributed by atoms with Gasteiger partial charge in [-0.2, -0.15) is 0 Å². The zero-order chi connectivity index (χ0) is 15.8. The zero-order valence-corrected chi connectivity index (χ0v) is 15.3. The fourth-order valence-corrected chi connectivity index (χ4v) is 7.30. The van der Waals surface area contributed by atoms with Crippen molar-refractivity contribution in [1.82, 2.24) is 4.57 Å². The average Bonchev–Trinajstić information content (AvgIpc) is 2.74. The monoisotopic (exact) mass is 301 g/mol. The van der Waals surface area contributed by atoms with Crippen LogP contribution in [0.5, 0.6) is 0 Å². The molecule has 2 aromatic rings. The third kappa shape index (κ3) is 3.40. The second-order valence-corrected chi connectivity index (χ2v) is 11.5. The van der Waals surface area contributed by atoms with E-state index in [9.17, 15) is 0 Å². The van der Waals surface area contributed by atoms with Gasteiger partial charge in [0.05, 0.1) is 0 Å². The van der Waals surface area contributed by atoms with E-state index in [-0.39, 0.29) is 18.2 Å². The summed E-state index contributed by atoms with van der Waals surface area (Å²) in [7, 11) is -0.295. The molecule has 0 amide bonds. The van der Waals surface area contributed by atoms with E-state index in [0.717, 1.165) is 0 Å². The number of aryl methyl sites for hydroxylation is 1. The lowest BCUT2D eigenvalue weighted by atomic mass is 10.2. The highest BCUT2D eigenvalue weighted by Gasteiger charge is 2.37. The van der Waals surface area contributed by atoms with Crippen molar-refractivity contribution in [3.63, 3.8) is 0 Å². The van der Waals surface area contributed by atoms with Crippen molar-refractivity contribution in [3.05, 3.63) is 48.2 Å². The molecular weight excluding hydrogens is 273 g/mol. The number of hydrogen-bond acceptors (Lipinski definition) is 0. The Bertz CT molecular complexity index is 597. The molecule has 0 aliphatic heterocycles. The number of nitrogens with zero attached hydrogens (tertiary/aromatic N) is 1. The maximum Gasteiger partial charge on any atom is 0.0484 e. The number of hydrogen-bond donors (Lipinski definition) is 0. The highest BCUT2D eigenvalue weighted by atomic mass is 31.1. The standard InChI is InChI=1S/C19H28NP/c1-15-11-8-9-12-16(15)20-14-10-13-17(20)21(18(2,3)4)19(5,6)7/h8-14H,1-7H3. The predicted octanol–water partition coefficient (Wildman–Crippen LogP) is 5.49. The van der Waals surface area contributed by atoms with Crippen molar-refractivity contribution in [1.29, 1.82) is 0 Å². The van der Waals surface area contributed by atoms with Crippen molar-refractivity contribution < 1.29 is 0 Å². The van der Waals surface area contributed by atoms with Crippen LogP contribution in [0.25, 0.3) is 5.69 Å². The molecule has 1 aromatic heterocycles. The van der Waals surface area contributed by atoms with Crippen molar-refractivity contribution in [2.75, 3.05) is 0 Å². The number of aromatic nitrogens is 1. The summed E-state index contributed by atoms with van der Waals surface area (Å²) in [6.45, 7) is 16.4. The molecule has 21 heavy (non-hydrogen) atoms. The van der Waals surface area contributed by atoms with E-state index in [1.807, 2.05) is 0 Å². The van der Waals surface area contributed by atoms with E-state index in [0.29, 0.717) is 0 Å². The van der Waals surface area contributed by atoms with E-state index in [1.165, 1.54) is 16.7 Å². The molecule has 0 saturated carbocycles. The predicted molar refractivity (Wildman–Crippen MR) is 96.6 cm³/mol. The Morgan fingerprint density at radius 3 is 1.90 bits per heavy atom. The van der Waals surface area contributed by atoms with Crippen molar-refractivity contribution in [2.45, 2.75) is 58.8 Å². The van der Waals surface area contributed by atoms with Gasteiger partial charge in [-0.05, 0) is 48.9 Å². The molecule has 0 aliphatic rings. The molecule has 0 aliphatic carbocycles. The number of para-hydroxylation sites is 1. The van der Waals surface area contributed by atoms with Crippen LogP contribution in [-0.2, 0) is 0 Å². The highest BCUT2D eigenvalue weighted by Crippen LogP contribution is 2.58. The Hall–Kier alpha value is -1.07. The first kappa shape index (κ1) is 16.3. The summed E-state index contributed by atoms with van der Waals surface area (Å²) in [6.07, 6.45) is 2.21. The molecule has 0 atom stereocenters. The van der Waals surface area contributed by atoms with Crippen LogP contribution in [0.2, 0.25) is 0 Å². The summed E-state index contributed by atoms with van der Waals surface area (Å²) in [4.78, 5) is 0. The summed E-state index contributed by atoms with van der Waals surface area (Å²) >= 11 is 0. The smallest absolute Gasteiger partial charge is 0.0484 e. The quantitative estimate of drug-likeness (QED) is 0.646. The third-order valence-corrected chi connectivity index (χ3v) is 7.18. The van der Waals surface area contributed by atoms with Crippen molar-refractivity contribution in [2.24, 2.45) is 0 Å². The summed E-state index contributed by atoms with van der Waals surface area (Å²) in [6, 6.07) is 13.2. The van der Waals surface area contributed by atoms with Gasteiger partial charge >= 0.3 is 0 Å². The van der Waals surface area contributed by atoms with Gasteiger partial charge in [0.15, 0.2) is 0 Å². The maximum absolute atomic E-state index is 2.40. The fourth-order valence-electron chi connectivity index (χ4n) is 3.29. The SMILES string of the molecule is Cc1ccccc1-n1cccc1P(C(C)(C)C)C(C)(C)C. The lowest BCUT2D eigenvalue weighted by molar-refractivity contribution is 0.712. The lowest BCUT2D eigenvalue weighted by Gasteiger charge is -2.42. The largest absolute Gasteiger partial charge is 0.317 e. The molecule has 2 rings (SSSR count). The van der Waals surface area contributed by atoms with Crippen LogP contribution >= 0.6 is 7.92 Å². The van der Waals surface area contributed by atoms with Crippen molar-refractivity contribution >= 4 is 13.4 Å². The zero-order valence-electron chi connectivity index (χ0n) is 14.4. The van der Waals surface area contributed by atoms with Gasteiger partial charge in [-0.1, -0.05) is 59.7 Å². The Balaban J connectivity index is 2.61. The van der Waals surface area contributed by atoms with Gasteiger partial charge in [-0.25, -0.2) is 0 Å². The first-order valence-electron chi connectivity index (χ1n) is 7.66. The molecule has 2 heteroatoms. The van der Waals surface area contributed by atoms with Gasteiger partial charge in [0, 0.05) is 17.3 Å². The van der Waals surface area contributed by atoms with Crippen LogP contribution in [0.4, 0.5) is 0 Å². The van der Waals surface area contributed by atoms with Crippen LogP contribution in [0.15, 0.2) is 42.6 Å². The molecule has 0 unspecified atom stereocenters. The molecule has 0 spiro atoms. The van der Waals surface area contributed by atoms with Gasteiger partial charge in [-0.15, -0.1) is 0 Å². The minimum Gasteiger partial charge on any atom is -0.317 e. The van der Waals surface area contributed by atoms with Crippen LogP contribution in [-0.4, -0.2) is 14.9 Å². The number of rotatable bonds is 2.